The lowest BCUT2D eigenvalue weighted by atomic mass is 9.85. The van der Waals surface area contributed by atoms with Crippen LogP contribution in [0.2, 0.25) is 0 Å². The van der Waals surface area contributed by atoms with Gasteiger partial charge in [0.15, 0.2) is 0 Å². The van der Waals surface area contributed by atoms with Crippen LogP contribution in [0.25, 0.3) is 10.4 Å². The van der Waals surface area contributed by atoms with E-state index < -0.39 is 48.0 Å². The number of halogens is 2. The number of amides is 4. The maximum atomic E-state index is 14.3. The number of likely N-dealkylation sites (tertiary alicyclic amines) is 2. The molecule has 7 rings (SSSR count). The predicted molar refractivity (Wildman–Crippen MR) is 229 cm³/mol. The first kappa shape index (κ1) is 43.4. The third-order valence-electron chi connectivity index (χ3n) is 11.7. The quantitative estimate of drug-likeness (QED) is 0.137. The van der Waals surface area contributed by atoms with Crippen LogP contribution in [-0.4, -0.2) is 105 Å². The lowest BCUT2D eigenvalue weighted by Crippen LogP contribution is -2.60. The average Bonchev–Trinajstić information content (AvgIpc) is 3.96. The number of aromatic nitrogens is 3. The van der Waals surface area contributed by atoms with Crippen LogP contribution in [0, 0.1) is 23.7 Å². The summed E-state index contributed by atoms with van der Waals surface area (Å²) >= 11 is 1.57. The van der Waals surface area contributed by atoms with Crippen LogP contribution in [-0.2, 0) is 9.59 Å². The van der Waals surface area contributed by atoms with Gasteiger partial charge in [-0.15, -0.1) is 11.3 Å². The molecule has 14 nitrogen and oxygen atoms in total. The Balaban J connectivity index is 1.00. The largest absolute Gasteiger partial charge is 0.391 e. The summed E-state index contributed by atoms with van der Waals surface area (Å²) in [6, 6.07) is 14.1. The number of alkyl halides is 2. The van der Waals surface area contributed by atoms with Crippen molar-refractivity contribution in [3.63, 3.8) is 0 Å². The number of aliphatic hydroxyl groups excluding tert-OH is 1. The molecule has 4 aromatic rings. The van der Waals surface area contributed by atoms with Crippen LogP contribution in [0.3, 0.4) is 0 Å². The first-order valence-corrected chi connectivity index (χ1v) is 21.5. The number of aliphatic hydroxyl groups is 1. The van der Waals surface area contributed by atoms with Gasteiger partial charge in [-0.3, -0.25) is 9.59 Å². The first-order chi connectivity index (χ1) is 29.0. The summed E-state index contributed by atoms with van der Waals surface area (Å²) in [4.78, 5) is 61.0. The van der Waals surface area contributed by atoms with Crippen LogP contribution >= 0.6 is 11.3 Å². The standard InChI is InChI=1S/C44H52F2N10O4S/c1-26(29-6-8-31(9-7-29)38-27(2)49-25-61-38)50-40(58)34-21-33(57)23-56(34)41(59)39(43(3,4)5)53-42(60)54-15-11-30(12-16-54)32-19-36(51-35-18-28(22-47)10-14-48-35)52-37(20-32)55-17-13-44(45,46)24-55/h6-10,14,18-20,25-26,30,33-34,39,57H,11-13,15-17,21,23-24H2,1-5H3,(H,50,58)(H,53,60)(H,48,51,52)/t26-,33+,34-,39+/m0/s1. The summed E-state index contributed by atoms with van der Waals surface area (Å²) in [5.74, 6) is -2.48. The van der Waals surface area contributed by atoms with Crippen molar-refractivity contribution in [3.8, 4) is 16.5 Å². The van der Waals surface area contributed by atoms with Gasteiger partial charge in [0, 0.05) is 45.2 Å². The third-order valence-corrected chi connectivity index (χ3v) is 12.7. The molecule has 17 heteroatoms. The molecule has 3 aliphatic heterocycles. The number of carbonyl (C=O) groups excluding carboxylic acids is 3. The smallest absolute Gasteiger partial charge is 0.318 e. The maximum Gasteiger partial charge on any atom is 0.318 e. The van der Waals surface area contributed by atoms with Crippen molar-refractivity contribution in [2.24, 2.45) is 5.41 Å². The highest BCUT2D eigenvalue weighted by Crippen LogP contribution is 2.36. The molecule has 0 aliphatic carbocycles. The molecule has 61 heavy (non-hydrogen) atoms. The number of urea groups is 1. The second-order valence-corrected chi connectivity index (χ2v) is 18.2. The highest BCUT2D eigenvalue weighted by Gasteiger charge is 2.45. The van der Waals surface area contributed by atoms with Crippen molar-refractivity contribution in [3.05, 3.63) is 82.6 Å². The van der Waals surface area contributed by atoms with Crippen molar-refractivity contribution in [1.82, 2.24) is 35.4 Å². The molecule has 3 saturated heterocycles. The van der Waals surface area contributed by atoms with Gasteiger partial charge in [-0.1, -0.05) is 45.0 Å². The maximum absolute atomic E-state index is 14.3. The molecule has 0 unspecified atom stereocenters. The van der Waals surface area contributed by atoms with E-state index in [-0.39, 0.29) is 43.8 Å². The monoisotopic (exact) mass is 854 g/mol. The van der Waals surface area contributed by atoms with Gasteiger partial charge >= 0.3 is 6.03 Å². The SMILES string of the molecule is Cc1ncsc1-c1ccc([C@H](C)NC(=O)[C@@H]2C[C@@H](O)CN2C(=O)[C@@H](NC(=O)N2CCC(c3cc(Nc4cc(C#N)ccn4)nc(N4CCC(F)(F)C4)c3)CC2)C(C)(C)C)cc1. The molecule has 0 radical (unpaired) electrons. The summed E-state index contributed by atoms with van der Waals surface area (Å²) in [6.45, 7) is 9.77. The molecule has 4 N–H and O–H groups in total. The normalized spacial score (nSPS) is 20.2. The Kier molecular flexibility index (Phi) is 12.6. The summed E-state index contributed by atoms with van der Waals surface area (Å²) < 4.78 is 28.6. The number of piperidine rings is 1. The number of nitrogens with one attached hydrogen (secondary N) is 3. The van der Waals surface area contributed by atoms with Gasteiger partial charge in [-0.2, -0.15) is 5.26 Å². The van der Waals surface area contributed by atoms with E-state index in [1.54, 1.807) is 33.3 Å². The van der Waals surface area contributed by atoms with E-state index in [2.05, 4.69) is 37.0 Å². The molecule has 3 fully saturated rings. The number of aryl methyl sites for hydroxylation is 1. The summed E-state index contributed by atoms with van der Waals surface area (Å²) in [5.41, 5.74) is 5.22. The Hall–Kier alpha value is -5.73. The van der Waals surface area contributed by atoms with Crippen molar-refractivity contribution in [2.45, 2.75) is 96.4 Å². The van der Waals surface area contributed by atoms with Gasteiger partial charge < -0.3 is 35.8 Å². The van der Waals surface area contributed by atoms with Gasteiger partial charge in [-0.25, -0.2) is 28.5 Å². The minimum Gasteiger partial charge on any atom is -0.391 e. The van der Waals surface area contributed by atoms with E-state index in [1.165, 1.54) is 11.1 Å². The minimum atomic E-state index is -2.82. The number of hydrogen-bond donors (Lipinski definition) is 4. The summed E-state index contributed by atoms with van der Waals surface area (Å²) in [5, 5.41) is 29.2. The molecule has 0 spiro atoms. The molecule has 3 aromatic heterocycles. The third kappa shape index (κ3) is 10.1. The number of benzene rings is 1. The average molecular weight is 855 g/mol. The first-order valence-electron chi connectivity index (χ1n) is 20.6. The molecular weight excluding hydrogens is 803 g/mol. The number of nitrogens with zero attached hydrogens (tertiary/aromatic N) is 7. The fourth-order valence-electron chi connectivity index (χ4n) is 8.28. The van der Waals surface area contributed by atoms with E-state index in [9.17, 15) is 33.5 Å². The Labute approximate surface area is 358 Å². The summed E-state index contributed by atoms with van der Waals surface area (Å²) in [6.07, 6.45) is 1.53. The Bertz CT molecular complexity index is 2290. The second-order valence-electron chi connectivity index (χ2n) is 17.4. The van der Waals surface area contributed by atoms with Crippen molar-refractivity contribution in [2.75, 3.05) is 42.9 Å². The molecule has 4 amide bonds. The van der Waals surface area contributed by atoms with Gasteiger partial charge in [0.2, 0.25) is 11.8 Å². The van der Waals surface area contributed by atoms with Crippen molar-refractivity contribution < 1.29 is 28.3 Å². The topological polar surface area (TPSA) is 180 Å². The molecule has 0 bridgehead atoms. The molecule has 6 heterocycles. The van der Waals surface area contributed by atoms with Gasteiger partial charge in [-0.05, 0) is 79.0 Å². The predicted octanol–water partition coefficient (Wildman–Crippen LogP) is 6.51. The number of pyridine rings is 2. The lowest BCUT2D eigenvalue weighted by molar-refractivity contribution is -0.142. The Morgan fingerprint density at radius 3 is 2.39 bits per heavy atom. The van der Waals surface area contributed by atoms with E-state index in [4.69, 9.17) is 0 Å². The van der Waals surface area contributed by atoms with Crippen molar-refractivity contribution in [1.29, 1.82) is 5.26 Å². The molecular formula is C44H52F2N10O4S. The molecule has 4 atom stereocenters. The second kappa shape index (κ2) is 17.7. The molecule has 0 saturated carbocycles. The highest BCUT2D eigenvalue weighted by molar-refractivity contribution is 7.13. The van der Waals surface area contributed by atoms with Crippen molar-refractivity contribution >= 4 is 46.6 Å². The zero-order chi connectivity index (χ0) is 43.6. The van der Waals surface area contributed by atoms with E-state index in [0.29, 0.717) is 48.9 Å². The van der Waals surface area contributed by atoms with Crippen LogP contribution in [0.15, 0.2) is 60.2 Å². The van der Waals surface area contributed by atoms with Crippen LogP contribution < -0.4 is 20.9 Å². The summed E-state index contributed by atoms with van der Waals surface area (Å²) in [7, 11) is 0. The van der Waals surface area contributed by atoms with Crippen LogP contribution in [0.5, 0.6) is 0 Å². The van der Waals surface area contributed by atoms with Crippen LogP contribution in [0.4, 0.5) is 31.0 Å². The van der Waals surface area contributed by atoms with Gasteiger partial charge in [0.1, 0.15) is 29.5 Å². The highest BCUT2D eigenvalue weighted by atomic mass is 32.1. The number of hydrogen-bond acceptors (Lipinski definition) is 11. The molecule has 3 aliphatic rings. The van der Waals surface area contributed by atoms with Gasteiger partial charge in [0.25, 0.3) is 5.92 Å². The molecule has 1 aromatic carbocycles. The lowest BCUT2D eigenvalue weighted by Gasteiger charge is -2.38. The number of carbonyl (C=O) groups is 3. The number of anilines is 3. The van der Waals surface area contributed by atoms with E-state index in [1.807, 2.05) is 76.5 Å². The number of thiazole rings is 1. The van der Waals surface area contributed by atoms with Crippen LogP contribution in [0.1, 0.15) is 87.7 Å². The number of nitriles is 1. The van der Waals surface area contributed by atoms with E-state index >= 15 is 0 Å². The number of β-amino-alcohol motifs (C(OH)–C–C–N with tert-alkyl or cyclic N) is 1. The van der Waals surface area contributed by atoms with Gasteiger partial charge in [0.05, 0.1) is 46.4 Å². The Morgan fingerprint density at radius 1 is 1.02 bits per heavy atom. The van der Waals surface area contributed by atoms with E-state index in [0.717, 1.165) is 27.3 Å². The fraction of sp³-hybridized carbons (Fsp3) is 0.477. The Morgan fingerprint density at radius 2 is 1.75 bits per heavy atom. The number of rotatable bonds is 10. The zero-order valence-corrected chi connectivity index (χ0v) is 35.8. The zero-order valence-electron chi connectivity index (χ0n) is 35.0. The molecule has 322 valence electrons. The minimum absolute atomic E-state index is 0.0268. The fourth-order valence-corrected chi connectivity index (χ4v) is 9.09.